The molecule has 0 radical (unpaired) electrons. The summed E-state index contributed by atoms with van der Waals surface area (Å²) in [5.41, 5.74) is 11.7. The number of amides is 1. The lowest BCUT2D eigenvalue weighted by molar-refractivity contribution is -0.0425. The number of carbonyl (C=O) groups excluding carboxylic acids is 1. The highest BCUT2D eigenvalue weighted by molar-refractivity contribution is 7.70. The Kier molecular flexibility index (Phi) is 9.19. The maximum Gasteiger partial charge on any atom is 0.340 e. The minimum atomic E-state index is -4.91. The van der Waals surface area contributed by atoms with Crippen LogP contribution in [-0.2, 0) is 27.7 Å². The van der Waals surface area contributed by atoms with Gasteiger partial charge in [-0.15, -0.1) is 0 Å². The molecule has 0 bridgehead atoms. The molecule has 2 aliphatic rings. The summed E-state index contributed by atoms with van der Waals surface area (Å²) in [6.45, 7) is -1.63. The second-order valence-electron chi connectivity index (χ2n) is 10.2. The summed E-state index contributed by atoms with van der Waals surface area (Å²) in [4.78, 5) is 43.7. The zero-order chi connectivity index (χ0) is 32.0. The fourth-order valence-corrected chi connectivity index (χ4v) is 8.06. The lowest BCUT2D eigenvalue weighted by Gasteiger charge is -2.21. The van der Waals surface area contributed by atoms with Crippen LogP contribution >= 0.6 is 15.2 Å². The Hall–Kier alpha value is -2.93. The first-order valence-corrected chi connectivity index (χ1v) is 16.4. The van der Waals surface area contributed by atoms with E-state index in [1.54, 1.807) is 0 Å². The van der Waals surface area contributed by atoms with E-state index in [0.29, 0.717) is 5.56 Å². The first-order valence-electron chi connectivity index (χ1n) is 12.9. The van der Waals surface area contributed by atoms with Crippen molar-refractivity contribution in [1.82, 2.24) is 19.5 Å². The number of hydrogen-bond acceptors (Lipinski definition) is 14. The molecule has 2 fully saturated rings. The predicted octanol–water partition coefficient (Wildman–Crippen LogP) is -0.673. The first kappa shape index (κ1) is 32.5. The van der Waals surface area contributed by atoms with Gasteiger partial charge < -0.3 is 55.1 Å². The van der Waals surface area contributed by atoms with Crippen LogP contribution in [0.2, 0.25) is 0 Å². The van der Waals surface area contributed by atoms with Gasteiger partial charge >= 0.3 is 15.2 Å². The zero-order valence-electron chi connectivity index (χ0n) is 22.5. The van der Waals surface area contributed by atoms with Crippen molar-refractivity contribution in [1.29, 1.82) is 0 Å². The molecular weight excluding hydrogens is 633 g/mol. The largest absolute Gasteiger partial charge is 0.387 e. The van der Waals surface area contributed by atoms with Crippen molar-refractivity contribution < 1.29 is 61.9 Å². The number of halogens is 1. The maximum atomic E-state index is 15.0. The van der Waals surface area contributed by atoms with Crippen LogP contribution in [-0.4, -0.2) is 106 Å². The minimum absolute atomic E-state index is 0.0273. The van der Waals surface area contributed by atoms with E-state index in [9.17, 15) is 43.4 Å². The molecular formula is C23H29FN6O12P2. The van der Waals surface area contributed by atoms with E-state index < -0.39 is 89.2 Å². The molecule has 4 unspecified atom stereocenters. The second kappa shape index (κ2) is 12.5. The molecule has 1 aromatic carbocycles. The number of carbonyl (C=O) groups is 1. The van der Waals surface area contributed by atoms with Crippen LogP contribution < -0.4 is 11.5 Å². The van der Waals surface area contributed by atoms with Gasteiger partial charge in [0.1, 0.15) is 48.5 Å². The van der Waals surface area contributed by atoms with E-state index in [4.69, 9.17) is 30.0 Å². The van der Waals surface area contributed by atoms with Crippen LogP contribution in [0.5, 0.6) is 0 Å². The van der Waals surface area contributed by atoms with Crippen molar-refractivity contribution in [2.24, 2.45) is 5.73 Å². The molecule has 2 aliphatic heterocycles. The minimum Gasteiger partial charge on any atom is -0.387 e. The molecule has 21 heteroatoms. The van der Waals surface area contributed by atoms with Crippen LogP contribution in [0.25, 0.3) is 11.2 Å². The number of nitrogens with zero attached hydrogens (tertiary/aromatic N) is 4. The Labute approximate surface area is 247 Å². The Balaban J connectivity index is 1.16. The summed E-state index contributed by atoms with van der Waals surface area (Å²) in [5.74, 6) is -2.12. The Morgan fingerprint density at radius 1 is 1.00 bits per heavy atom. The zero-order valence-corrected chi connectivity index (χ0v) is 24.3. The number of fused-ring (bicyclic) bond motifs is 1. The fraction of sp³-hybridized carbons (Fsp3) is 0.478. The van der Waals surface area contributed by atoms with Gasteiger partial charge in [-0.05, 0) is 17.7 Å². The smallest absolute Gasteiger partial charge is 0.340 e. The topological polar surface area (TPSA) is 285 Å². The molecule has 240 valence electrons. The van der Waals surface area contributed by atoms with Gasteiger partial charge in [0.05, 0.1) is 19.5 Å². The molecule has 2 saturated heterocycles. The molecule has 9 N–H and O–H groups in total. The van der Waals surface area contributed by atoms with Crippen molar-refractivity contribution in [3.8, 4) is 0 Å². The van der Waals surface area contributed by atoms with Gasteiger partial charge in [0.2, 0.25) is 5.91 Å². The Morgan fingerprint density at radius 3 is 2.32 bits per heavy atom. The molecule has 4 heterocycles. The number of nitrogens with two attached hydrogens (primary N) is 2. The number of primary amides is 1. The van der Waals surface area contributed by atoms with Gasteiger partial charge in [0.15, 0.2) is 29.8 Å². The quantitative estimate of drug-likeness (QED) is 0.125. The third kappa shape index (κ3) is 6.68. The van der Waals surface area contributed by atoms with Crippen molar-refractivity contribution in [3.05, 3.63) is 48.0 Å². The van der Waals surface area contributed by atoms with E-state index in [-0.39, 0.29) is 22.5 Å². The number of alkyl halides is 1. The Morgan fingerprint density at radius 2 is 1.66 bits per heavy atom. The van der Waals surface area contributed by atoms with Crippen LogP contribution in [0.3, 0.4) is 0 Å². The highest BCUT2D eigenvalue weighted by Gasteiger charge is 2.48. The Bertz CT molecular complexity index is 1630. The molecule has 0 spiro atoms. The number of aliphatic hydroxyl groups excluding tert-OH is 3. The fourth-order valence-electron chi connectivity index (χ4n) is 4.84. The van der Waals surface area contributed by atoms with Crippen LogP contribution in [0.1, 0.15) is 28.3 Å². The van der Waals surface area contributed by atoms with E-state index in [1.807, 2.05) is 0 Å². The molecule has 3 aromatic rings. The van der Waals surface area contributed by atoms with Crippen molar-refractivity contribution in [2.45, 2.75) is 49.0 Å². The van der Waals surface area contributed by atoms with Gasteiger partial charge in [0, 0.05) is 5.56 Å². The van der Waals surface area contributed by atoms with Gasteiger partial charge in [-0.2, -0.15) is 0 Å². The SMILES string of the molecule is NC(=O)c1cccc(C2O[C@H](COP(=O)(O)CP(=O)(O)OC[C@@H]3OC(n4cnc5c(N)ncnc54)[C@H](F)[C@H]3O)[C@@H](O)[C@H]2O)c1. The molecule has 0 aliphatic carbocycles. The summed E-state index contributed by atoms with van der Waals surface area (Å²) in [6, 6.07) is 5.77. The molecule has 18 nitrogen and oxygen atoms in total. The second-order valence-corrected chi connectivity index (χ2v) is 14.4. The molecule has 1 amide bonds. The number of benzene rings is 1. The number of ether oxygens (including phenoxy) is 2. The van der Waals surface area contributed by atoms with E-state index in [1.165, 1.54) is 30.6 Å². The standard InChI is InChI=1S/C23H29FN6O12P2/c24-14-16(31)12(42-23(14)30-8-29-15-20(25)27-7-28-22(15)30)5-39-43(35,36)9-44(37,38)40-6-13-17(32)18(33)19(41-13)10-2-1-3-11(4-10)21(26)34/h1-4,7-8,12-14,16-19,23,31-33H,5-6,9H2,(H2,26,34)(H,35,36)(H,37,38)(H2,25,27,28)/t12-,13+,14+,16-,17+,18+,19?,23?/m0/s1. The number of nitrogen functional groups attached to an aromatic ring is 1. The summed E-state index contributed by atoms with van der Waals surface area (Å²) >= 11 is 0. The van der Waals surface area contributed by atoms with Gasteiger partial charge in [-0.25, -0.2) is 19.3 Å². The van der Waals surface area contributed by atoms with Crippen molar-refractivity contribution in [3.63, 3.8) is 0 Å². The summed E-state index contributed by atoms with van der Waals surface area (Å²) in [5, 5.41) is 31.1. The lowest BCUT2D eigenvalue weighted by atomic mass is 10.00. The van der Waals surface area contributed by atoms with E-state index in [2.05, 4.69) is 15.0 Å². The molecule has 10 atom stereocenters. The highest BCUT2D eigenvalue weighted by Crippen LogP contribution is 2.58. The number of aliphatic hydroxyl groups is 3. The van der Waals surface area contributed by atoms with E-state index in [0.717, 1.165) is 10.9 Å². The number of aromatic nitrogens is 4. The summed E-state index contributed by atoms with van der Waals surface area (Å²) in [6.07, 6.45) is -10.1. The number of rotatable bonds is 11. The van der Waals surface area contributed by atoms with Crippen LogP contribution in [0, 0.1) is 0 Å². The lowest BCUT2D eigenvalue weighted by Crippen LogP contribution is -2.33. The highest BCUT2D eigenvalue weighted by atomic mass is 31.2. The van der Waals surface area contributed by atoms with E-state index >= 15 is 0 Å². The van der Waals surface area contributed by atoms with Crippen molar-refractivity contribution in [2.75, 3.05) is 24.9 Å². The summed E-state index contributed by atoms with van der Waals surface area (Å²) in [7, 11) is -9.79. The third-order valence-corrected chi connectivity index (χ3v) is 11.0. The number of anilines is 1. The van der Waals surface area contributed by atoms with Gasteiger partial charge in [-0.1, -0.05) is 12.1 Å². The average Bonchev–Trinajstić information content (AvgIpc) is 3.61. The number of hydrogen-bond donors (Lipinski definition) is 7. The number of imidazole rings is 1. The first-order chi connectivity index (χ1) is 20.7. The van der Waals surface area contributed by atoms with Gasteiger partial charge in [-0.3, -0.25) is 18.5 Å². The predicted molar refractivity (Wildman–Crippen MR) is 146 cm³/mol. The van der Waals surface area contributed by atoms with Crippen LogP contribution in [0.4, 0.5) is 10.2 Å². The van der Waals surface area contributed by atoms with Gasteiger partial charge in [0.25, 0.3) is 0 Å². The normalized spacial score (nSPS) is 31.6. The molecule has 5 rings (SSSR count). The maximum absolute atomic E-state index is 15.0. The van der Waals surface area contributed by atoms with Crippen LogP contribution in [0.15, 0.2) is 36.9 Å². The molecule has 44 heavy (non-hydrogen) atoms. The average molecular weight is 662 g/mol. The molecule has 0 saturated carbocycles. The summed E-state index contributed by atoms with van der Waals surface area (Å²) < 4.78 is 62.2. The molecule has 2 aromatic heterocycles. The van der Waals surface area contributed by atoms with Crippen molar-refractivity contribution >= 4 is 38.1 Å². The third-order valence-electron chi connectivity index (χ3n) is 7.06. The monoisotopic (exact) mass is 662 g/mol.